The van der Waals surface area contributed by atoms with Crippen molar-refractivity contribution >= 4 is 53.4 Å². The van der Waals surface area contributed by atoms with Crippen molar-refractivity contribution in [3.63, 3.8) is 0 Å². The average Bonchev–Trinajstić information content (AvgIpc) is 3.76. The van der Waals surface area contributed by atoms with Gasteiger partial charge in [-0.1, -0.05) is 133 Å². The predicted molar refractivity (Wildman–Crippen MR) is 207 cm³/mol. The molecule has 0 fully saturated rings. The van der Waals surface area contributed by atoms with Gasteiger partial charge in [0, 0.05) is 47.6 Å². The number of furan rings is 1. The first kappa shape index (κ1) is 28.6. The number of nitrogens with zero attached hydrogens (tertiary/aromatic N) is 3. The smallest absolute Gasteiger partial charge is 0.164 e. The number of hydrogen-bond donors (Lipinski definition) is 0. The van der Waals surface area contributed by atoms with Gasteiger partial charge in [-0.05, 0) is 52.6 Å². The van der Waals surface area contributed by atoms with Crippen molar-refractivity contribution < 1.29 is 4.42 Å². The van der Waals surface area contributed by atoms with Crippen LogP contribution in [0.5, 0.6) is 0 Å². The summed E-state index contributed by atoms with van der Waals surface area (Å²) in [6.07, 6.45) is 0. The highest BCUT2D eigenvalue weighted by molar-refractivity contribution is 7.26. The largest absolute Gasteiger partial charge is 0.456 e. The van der Waals surface area contributed by atoms with E-state index in [0.717, 1.165) is 44.2 Å². The van der Waals surface area contributed by atoms with Crippen LogP contribution in [0, 0.1) is 0 Å². The molecule has 0 saturated heterocycles. The number of thiophene rings is 1. The van der Waals surface area contributed by atoms with Crippen LogP contribution in [0.25, 0.3) is 98.5 Å². The van der Waals surface area contributed by atoms with Crippen LogP contribution in [0.1, 0.15) is 0 Å². The first-order valence-corrected chi connectivity index (χ1v) is 17.4. The molecule has 0 bridgehead atoms. The van der Waals surface area contributed by atoms with E-state index in [9.17, 15) is 0 Å². The SMILES string of the molecule is c1ccc(-c2nc(-c3ccccc3)nc(-c3ccc4c(c3)oc3cc(-c5ccc(-c6ccccc6)c6c5sc5ccccc56)ccc34)n2)cc1. The van der Waals surface area contributed by atoms with Crippen molar-refractivity contribution in [3.8, 4) is 56.4 Å². The van der Waals surface area contributed by atoms with Crippen molar-refractivity contribution in [3.05, 3.63) is 164 Å². The van der Waals surface area contributed by atoms with Crippen LogP contribution >= 0.6 is 11.3 Å². The minimum atomic E-state index is 0.603. The molecule has 0 aliphatic carbocycles. The summed E-state index contributed by atoms with van der Waals surface area (Å²) in [6.45, 7) is 0. The van der Waals surface area contributed by atoms with Gasteiger partial charge in [0.1, 0.15) is 11.2 Å². The monoisotopic (exact) mass is 657 g/mol. The van der Waals surface area contributed by atoms with Gasteiger partial charge in [-0.3, -0.25) is 0 Å². The van der Waals surface area contributed by atoms with Gasteiger partial charge in [0.25, 0.3) is 0 Å². The van der Waals surface area contributed by atoms with Gasteiger partial charge in [0.15, 0.2) is 17.5 Å². The van der Waals surface area contributed by atoms with E-state index < -0.39 is 0 Å². The van der Waals surface area contributed by atoms with Crippen LogP contribution in [-0.2, 0) is 0 Å². The molecule has 0 aliphatic heterocycles. The van der Waals surface area contributed by atoms with E-state index in [2.05, 4.69) is 97.1 Å². The lowest BCUT2D eigenvalue weighted by molar-refractivity contribution is 0.669. The molecule has 3 heterocycles. The van der Waals surface area contributed by atoms with E-state index in [1.165, 1.54) is 36.9 Å². The molecule has 0 radical (unpaired) electrons. The van der Waals surface area contributed by atoms with Crippen molar-refractivity contribution in [2.45, 2.75) is 0 Å². The molecule has 234 valence electrons. The minimum Gasteiger partial charge on any atom is -0.456 e. The van der Waals surface area contributed by atoms with Gasteiger partial charge < -0.3 is 4.42 Å². The molecule has 0 spiro atoms. The molecule has 0 amide bonds. The van der Waals surface area contributed by atoms with E-state index >= 15 is 0 Å². The van der Waals surface area contributed by atoms with E-state index in [1.54, 1.807) is 0 Å². The summed E-state index contributed by atoms with van der Waals surface area (Å²) in [7, 11) is 0. The molecule has 5 heteroatoms. The van der Waals surface area contributed by atoms with E-state index in [-0.39, 0.29) is 0 Å². The third kappa shape index (κ3) is 4.79. The Hall–Kier alpha value is -6.43. The fourth-order valence-electron chi connectivity index (χ4n) is 6.94. The summed E-state index contributed by atoms with van der Waals surface area (Å²) >= 11 is 1.85. The first-order valence-electron chi connectivity index (χ1n) is 16.6. The lowest BCUT2D eigenvalue weighted by Crippen LogP contribution is -2.00. The number of rotatable bonds is 5. The van der Waals surface area contributed by atoms with Crippen LogP contribution in [0.15, 0.2) is 168 Å². The first-order chi connectivity index (χ1) is 24.8. The van der Waals surface area contributed by atoms with Gasteiger partial charge in [-0.15, -0.1) is 11.3 Å². The molecule has 0 atom stereocenters. The Morgan fingerprint density at radius 3 is 1.52 bits per heavy atom. The molecule has 0 saturated carbocycles. The van der Waals surface area contributed by atoms with Crippen LogP contribution in [-0.4, -0.2) is 15.0 Å². The number of hydrogen-bond acceptors (Lipinski definition) is 5. The highest BCUT2D eigenvalue weighted by Gasteiger charge is 2.18. The van der Waals surface area contributed by atoms with Gasteiger partial charge in [-0.2, -0.15) is 0 Å². The Bertz CT molecular complexity index is 2800. The zero-order valence-electron chi connectivity index (χ0n) is 26.7. The molecule has 3 aromatic heterocycles. The maximum Gasteiger partial charge on any atom is 0.164 e. The Labute approximate surface area is 292 Å². The molecule has 10 rings (SSSR count). The van der Waals surface area contributed by atoms with Gasteiger partial charge in [0.2, 0.25) is 0 Å². The molecule has 7 aromatic carbocycles. The standard InChI is InChI=1S/C45H27N3OS/c1-4-12-28(13-5-1)33-24-25-34(42-41(33)37-18-10-11-19-40(37)50-42)31-20-22-35-36-23-21-32(27-39(36)49-38(35)26-31)45-47-43(29-14-6-2-7-15-29)46-44(48-45)30-16-8-3-9-17-30/h1-27H. The topological polar surface area (TPSA) is 51.8 Å². The van der Waals surface area contributed by atoms with Gasteiger partial charge in [-0.25, -0.2) is 15.0 Å². The quantitative estimate of drug-likeness (QED) is 0.185. The molecular weight excluding hydrogens is 631 g/mol. The van der Waals surface area contributed by atoms with Crippen LogP contribution in [0.4, 0.5) is 0 Å². The van der Waals surface area contributed by atoms with Crippen molar-refractivity contribution in [1.82, 2.24) is 15.0 Å². The number of fused-ring (bicyclic) bond motifs is 6. The molecule has 10 aromatic rings. The van der Waals surface area contributed by atoms with Crippen LogP contribution in [0.3, 0.4) is 0 Å². The third-order valence-electron chi connectivity index (χ3n) is 9.35. The molecule has 4 nitrogen and oxygen atoms in total. The molecule has 0 unspecified atom stereocenters. The lowest BCUT2D eigenvalue weighted by Gasteiger charge is -2.09. The summed E-state index contributed by atoms with van der Waals surface area (Å²) in [5, 5.41) is 4.72. The molecule has 50 heavy (non-hydrogen) atoms. The Morgan fingerprint density at radius 1 is 0.380 bits per heavy atom. The summed E-state index contributed by atoms with van der Waals surface area (Å²) in [4.78, 5) is 14.7. The highest BCUT2D eigenvalue weighted by atomic mass is 32.1. The Balaban J connectivity index is 1.10. The average molecular weight is 658 g/mol. The predicted octanol–water partition coefficient (Wildman–Crippen LogP) is 12.5. The van der Waals surface area contributed by atoms with Crippen molar-refractivity contribution in [1.29, 1.82) is 0 Å². The molecule has 0 aliphatic rings. The van der Waals surface area contributed by atoms with Crippen LogP contribution < -0.4 is 0 Å². The number of benzene rings is 7. The third-order valence-corrected chi connectivity index (χ3v) is 10.6. The van der Waals surface area contributed by atoms with Crippen LogP contribution in [0.2, 0.25) is 0 Å². The zero-order valence-corrected chi connectivity index (χ0v) is 27.6. The fourth-order valence-corrected chi connectivity index (χ4v) is 8.20. The second kappa shape index (κ2) is 11.6. The van der Waals surface area contributed by atoms with E-state index in [0.29, 0.717) is 17.5 Å². The lowest BCUT2D eigenvalue weighted by atomic mass is 9.94. The Kier molecular flexibility index (Phi) is 6.64. The van der Waals surface area contributed by atoms with Crippen molar-refractivity contribution in [2.24, 2.45) is 0 Å². The minimum absolute atomic E-state index is 0.603. The zero-order chi connectivity index (χ0) is 33.0. The summed E-state index contributed by atoms with van der Waals surface area (Å²) in [5.74, 6) is 1.87. The fraction of sp³-hybridized carbons (Fsp3) is 0. The Morgan fingerprint density at radius 2 is 0.880 bits per heavy atom. The summed E-state index contributed by atoms with van der Waals surface area (Å²) < 4.78 is 9.17. The molecule has 0 N–H and O–H groups in total. The molecular formula is C45H27N3OS. The maximum absolute atomic E-state index is 6.60. The van der Waals surface area contributed by atoms with E-state index in [4.69, 9.17) is 19.4 Å². The van der Waals surface area contributed by atoms with Crippen molar-refractivity contribution in [2.75, 3.05) is 0 Å². The highest BCUT2D eigenvalue weighted by Crippen LogP contribution is 2.45. The maximum atomic E-state index is 6.60. The second-order valence-corrected chi connectivity index (χ2v) is 13.4. The van der Waals surface area contributed by atoms with Gasteiger partial charge in [0.05, 0.1) is 0 Å². The second-order valence-electron chi connectivity index (χ2n) is 12.4. The van der Waals surface area contributed by atoms with E-state index in [1.807, 2.05) is 78.1 Å². The normalized spacial score (nSPS) is 11.6. The summed E-state index contributed by atoms with van der Waals surface area (Å²) in [6, 6.07) is 56.8. The summed E-state index contributed by atoms with van der Waals surface area (Å²) in [5.41, 5.74) is 9.21. The number of aromatic nitrogens is 3. The van der Waals surface area contributed by atoms with Gasteiger partial charge >= 0.3 is 0 Å².